The maximum absolute atomic E-state index is 11.9. The topological polar surface area (TPSA) is 76.6 Å². The van der Waals surface area contributed by atoms with E-state index in [1.54, 1.807) is 4.90 Å². The first-order valence-corrected chi connectivity index (χ1v) is 6.31. The summed E-state index contributed by atoms with van der Waals surface area (Å²) < 4.78 is 4.87. The number of nitrogens with zero attached hydrogens (tertiary/aromatic N) is 2. The molecule has 0 aliphatic rings. The number of halogens is 1. The second kappa shape index (κ2) is 6.39. The van der Waals surface area contributed by atoms with Crippen molar-refractivity contribution >= 4 is 27.7 Å². The fourth-order valence-corrected chi connectivity index (χ4v) is 1.81. The molecule has 7 heteroatoms. The molecule has 0 aliphatic heterocycles. The Bertz CT molecular complexity index is 399. The number of nitro groups is 1. The van der Waals surface area contributed by atoms with Crippen molar-refractivity contribution in [1.82, 2.24) is 4.90 Å². The monoisotopic (exact) mass is 304 g/mol. The van der Waals surface area contributed by atoms with Crippen LogP contribution in [0.2, 0.25) is 0 Å². The van der Waals surface area contributed by atoms with E-state index in [0.717, 1.165) is 6.42 Å². The highest BCUT2D eigenvalue weighted by atomic mass is 79.9. The van der Waals surface area contributed by atoms with Crippen LogP contribution in [0, 0.1) is 10.1 Å². The average Bonchev–Trinajstić information content (AvgIpc) is 2.77. The van der Waals surface area contributed by atoms with Gasteiger partial charge in [0.25, 0.3) is 5.91 Å². The Morgan fingerprint density at radius 1 is 1.53 bits per heavy atom. The molecular formula is C10H13BrN2O4. The molecule has 1 aromatic heterocycles. The van der Waals surface area contributed by atoms with Crippen LogP contribution in [0.1, 0.15) is 23.9 Å². The molecule has 6 nitrogen and oxygen atoms in total. The zero-order valence-corrected chi connectivity index (χ0v) is 11.0. The third-order valence-corrected chi connectivity index (χ3v) is 2.47. The molecule has 0 bridgehead atoms. The van der Waals surface area contributed by atoms with Crippen molar-refractivity contribution in [3.63, 3.8) is 0 Å². The highest BCUT2D eigenvalue weighted by Gasteiger charge is 2.21. The van der Waals surface area contributed by atoms with E-state index in [1.165, 1.54) is 12.1 Å². The molecule has 94 valence electrons. The zero-order chi connectivity index (χ0) is 12.8. The van der Waals surface area contributed by atoms with E-state index >= 15 is 0 Å². The minimum atomic E-state index is -0.661. The van der Waals surface area contributed by atoms with Crippen molar-refractivity contribution in [2.75, 3.05) is 18.4 Å². The summed E-state index contributed by atoms with van der Waals surface area (Å²) in [6.45, 7) is 3.10. The van der Waals surface area contributed by atoms with Gasteiger partial charge >= 0.3 is 5.88 Å². The number of furan rings is 1. The van der Waals surface area contributed by atoms with Crippen LogP contribution in [-0.2, 0) is 0 Å². The molecule has 0 atom stereocenters. The first-order chi connectivity index (χ1) is 8.10. The van der Waals surface area contributed by atoms with E-state index < -0.39 is 10.8 Å². The number of carbonyl (C=O) groups is 1. The molecule has 0 saturated carbocycles. The second-order valence-corrected chi connectivity index (χ2v) is 4.17. The van der Waals surface area contributed by atoms with Gasteiger partial charge in [-0.2, -0.15) is 0 Å². The van der Waals surface area contributed by atoms with E-state index in [2.05, 4.69) is 15.9 Å². The van der Waals surface area contributed by atoms with E-state index in [0.29, 0.717) is 18.4 Å². The summed E-state index contributed by atoms with van der Waals surface area (Å²) in [5.74, 6) is -0.728. The molecule has 1 heterocycles. The normalized spacial score (nSPS) is 10.2. The van der Waals surface area contributed by atoms with Crippen LogP contribution in [0.4, 0.5) is 5.88 Å². The molecule has 0 aromatic carbocycles. The first-order valence-electron chi connectivity index (χ1n) is 5.19. The summed E-state index contributed by atoms with van der Waals surface area (Å²) in [7, 11) is 0. The first kappa shape index (κ1) is 13.7. The summed E-state index contributed by atoms with van der Waals surface area (Å²) in [5.41, 5.74) is 0. The number of amides is 1. The molecule has 1 amide bonds. The van der Waals surface area contributed by atoms with E-state index in [1.807, 2.05) is 6.92 Å². The Kier molecular flexibility index (Phi) is 5.14. The van der Waals surface area contributed by atoms with Gasteiger partial charge in [0.2, 0.25) is 0 Å². The van der Waals surface area contributed by atoms with Crippen molar-refractivity contribution in [3.05, 3.63) is 28.0 Å². The van der Waals surface area contributed by atoms with Gasteiger partial charge in [-0.05, 0) is 12.5 Å². The standard InChI is InChI=1S/C10H13BrN2O4/c1-2-6-12(7-5-11)10(14)8-3-4-9(17-8)13(15)16/h3-4H,2,5-7H2,1H3. The fraction of sp³-hybridized carbons (Fsp3) is 0.500. The number of hydrogen-bond acceptors (Lipinski definition) is 4. The maximum Gasteiger partial charge on any atom is 0.433 e. The Hall–Kier alpha value is -1.37. The predicted molar refractivity (Wildman–Crippen MR) is 65.4 cm³/mol. The molecule has 1 rings (SSSR count). The predicted octanol–water partition coefficient (Wildman–Crippen LogP) is 2.43. The van der Waals surface area contributed by atoms with Gasteiger partial charge in [0, 0.05) is 18.4 Å². The van der Waals surface area contributed by atoms with Crippen LogP contribution in [0.25, 0.3) is 0 Å². The Morgan fingerprint density at radius 2 is 2.24 bits per heavy atom. The van der Waals surface area contributed by atoms with E-state index in [-0.39, 0.29) is 11.7 Å². The summed E-state index contributed by atoms with van der Waals surface area (Å²) in [5, 5.41) is 11.1. The smallest absolute Gasteiger partial charge is 0.395 e. The summed E-state index contributed by atoms with van der Waals surface area (Å²) in [6.07, 6.45) is 0.821. The lowest BCUT2D eigenvalue weighted by atomic mass is 10.3. The van der Waals surface area contributed by atoms with Crippen molar-refractivity contribution in [1.29, 1.82) is 0 Å². The number of carbonyl (C=O) groups excluding carboxylic acids is 1. The Labute approximate surface area is 107 Å². The Morgan fingerprint density at radius 3 is 2.71 bits per heavy atom. The molecule has 17 heavy (non-hydrogen) atoms. The highest BCUT2D eigenvalue weighted by molar-refractivity contribution is 9.09. The largest absolute Gasteiger partial charge is 0.433 e. The van der Waals surface area contributed by atoms with Gasteiger partial charge in [-0.3, -0.25) is 14.9 Å². The molecule has 0 fully saturated rings. The van der Waals surface area contributed by atoms with Crippen LogP contribution >= 0.6 is 15.9 Å². The summed E-state index contributed by atoms with van der Waals surface area (Å²) in [4.78, 5) is 23.3. The second-order valence-electron chi connectivity index (χ2n) is 3.38. The lowest BCUT2D eigenvalue weighted by molar-refractivity contribution is -0.402. The quantitative estimate of drug-likeness (QED) is 0.459. The third kappa shape index (κ3) is 3.55. The van der Waals surface area contributed by atoms with Crippen molar-refractivity contribution in [2.45, 2.75) is 13.3 Å². The number of rotatable bonds is 6. The molecule has 0 unspecified atom stereocenters. The average molecular weight is 305 g/mol. The van der Waals surface area contributed by atoms with E-state index in [4.69, 9.17) is 4.42 Å². The maximum atomic E-state index is 11.9. The van der Waals surface area contributed by atoms with Crippen LogP contribution in [0.15, 0.2) is 16.5 Å². The molecule has 1 aromatic rings. The number of hydrogen-bond donors (Lipinski definition) is 0. The van der Waals surface area contributed by atoms with Crippen LogP contribution < -0.4 is 0 Å². The van der Waals surface area contributed by atoms with Crippen LogP contribution in [0.5, 0.6) is 0 Å². The third-order valence-electron chi connectivity index (χ3n) is 2.12. The van der Waals surface area contributed by atoms with Crippen molar-refractivity contribution < 1.29 is 14.1 Å². The lowest BCUT2D eigenvalue weighted by Crippen LogP contribution is -2.33. The molecule has 0 spiro atoms. The molecule has 0 saturated heterocycles. The molecular weight excluding hydrogens is 292 g/mol. The SMILES string of the molecule is CCCN(CCBr)C(=O)c1ccc([N+](=O)[O-])o1. The van der Waals surface area contributed by atoms with E-state index in [9.17, 15) is 14.9 Å². The van der Waals surface area contributed by atoms with Crippen molar-refractivity contribution in [3.8, 4) is 0 Å². The molecule has 0 aliphatic carbocycles. The minimum absolute atomic E-state index is 0.00565. The van der Waals surface area contributed by atoms with Gasteiger partial charge in [0.05, 0.1) is 6.07 Å². The lowest BCUT2D eigenvalue weighted by Gasteiger charge is -2.19. The fourth-order valence-electron chi connectivity index (χ4n) is 1.38. The summed E-state index contributed by atoms with van der Waals surface area (Å²) >= 11 is 3.26. The highest BCUT2D eigenvalue weighted by Crippen LogP contribution is 2.17. The van der Waals surface area contributed by atoms with Gasteiger partial charge in [0.15, 0.2) is 5.76 Å². The minimum Gasteiger partial charge on any atom is -0.395 e. The van der Waals surface area contributed by atoms with Crippen LogP contribution in [-0.4, -0.2) is 34.2 Å². The Balaban J connectivity index is 2.81. The number of alkyl halides is 1. The van der Waals surface area contributed by atoms with Gasteiger partial charge < -0.3 is 9.32 Å². The van der Waals surface area contributed by atoms with Gasteiger partial charge in [-0.25, -0.2) is 0 Å². The molecule has 0 radical (unpaired) electrons. The van der Waals surface area contributed by atoms with Gasteiger partial charge in [-0.15, -0.1) is 0 Å². The summed E-state index contributed by atoms with van der Waals surface area (Å²) in [6, 6.07) is 2.52. The van der Waals surface area contributed by atoms with Gasteiger partial charge in [-0.1, -0.05) is 22.9 Å². The molecule has 0 N–H and O–H groups in total. The zero-order valence-electron chi connectivity index (χ0n) is 9.39. The van der Waals surface area contributed by atoms with Gasteiger partial charge in [0.1, 0.15) is 4.92 Å². The van der Waals surface area contributed by atoms with Crippen molar-refractivity contribution in [2.24, 2.45) is 0 Å². The van der Waals surface area contributed by atoms with Crippen LogP contribution in [0.3, 0.4) is 0 Å².